The summed E-state index contributed by atoms with van der Waals surface area (Å²) >= 11 is 0. The second-order valence-electron chi connectivity index (χ2n) is 7.27. The van der Waals surface area contributed by atoms with E-state index in [0.29, 0.717) is 18.7 Å². The topological polar surface area (TPSA) is 68.7 Å². The van der Waals surface area contributed by atoms with Gasteiger partial charge < -0.3 is 9.47 Å². The predicted octanol–water partition coefficient (Wildman–Crippen LogP) is 2.90. The van der Waals surface area contributed by atoms with E-state index in [-0.39, 0.29) is 17.9 Å². The van der Waals surface area contributed by atoms with E-state index < -0.39 is 6.10 Å². The number of ketones is 1. The van der Waals surface area contributed by atoms with E-state index in [1.54, 1.807) is 20.2 Å². The van der Waals surface area contributed by atoms with Crippen LogP contribution in [-0.4, -0.2) is 47.9 Å². The molecule has 142 valence electrons. The zero-order chi connectivity index (χ0) is 19.0. The number of Topliss-reactive ketones (excluding diaryl/α,β-unsaturated/α-hetero) is 1. The molecule has 5 rings (SSSR count). The number of methoxy groups -OCH3 is 1. The molecule has 6 heteroatoms. The molecule has 4 atom stereocenters. The Hall–Kier alpha value is -2.47. The Labute approximate surface area is 158 Å². The monoisotopic (exact) mass is 368 g/mol. The minimum Gasteiger partial charge on any atom is -0.497 e. The molecule has 2 aromatic rings. The van der Waals surface area contributed by atoms with E-state index in [4.69, 9.17) is 9.47 Å². The van der Waals surface area contributed by atoms with Crippen LogP contribution < -0.4 is 4.74 Å². The Morgan fingerprint density at radius 1 is 1.37 bits per heavy atom. The van der Waals surface area contributed by atoms with Crippen LogP contribution in [0, 0.1) is 5.92 Å². The van der Waals surface area contributed by atoms with Crippen molar-refractivity contribution in [2.24, 2.45) is 5.92 Å². The summed E-state index contributed by atoms with van der Waals surface area (Å²) in [7, 11) is 1.63. The number of benzene rings is 1. The number of aromatic nitrogens is 1. The summed E-state index contributed by atoms with van der Waals surface area (Å²) in [4.78, 5) is 31.0. The van der Waals surface area contributed by atoms with Gasteiger partial charge in [0, 0.05) is 29.5 Å². The van der Waals surface area contributed by atoms with Gasteiger partial charge in [0.2, 0.25) is 0 Å². The van der Waals surface area contributed by atoms with Gasteiger partial charge in [-0.05, 0) is 43.7 Å². The molecule has 0 aliphatic carbocycles. The fourth-order valence-electron chi connectivity index (χ4n) is 4.27. The number of nitrogens with zero attached hydrogens (tertiary/aromatic N) is 2. The highest BCUT2D eigenvalue weighted by atomic mass is 16.5. The number of esters is 1. The molecule has 1 aromatic carbocycles. The lowest BCUT2D eigenvalue weighted by Gasteiger charge is -2.47. The summed E-state index contributed by atoms with van der Waals surface area (Å²) in [5.74, 6) is 0.879. The van der Waals surface area contributed by atoms with Gasteiger partial charge in [-0.2, -0.15) is 0 Å². The molecule has 1 aromatic heterocycles. The zero-order valence-electron chi connectivity index (χ0n) is 15.7. The van der Waals surface area contributed by atoms with Gasteiger partial charge in [0.25, 0.3) is 0 Å². The van der Waals surface area contributed by atoms with E-state index in [9.17, 15) is 9.59 Å². The number of piperidine rings is 3. The lowest BCUT2D eigenvalue weighted by atomic mass is 9.79. The summed E-state index contributed by atoms with van der Waals surface area (Å²) in [5.41, 5.74) is 1.75. The molecular formula is C21H24N2O4. The molecule has 2 bridgehead atoms. The third kappa shape index (κ3) is 3.30. The maximum Gasteiger partial charge on any atom is 0.306 e. The van der Waals surface area contributed by atoms with Gasteiger partial charge in [0.1, 0.15) is 17.6 Å². The van der Waals surface area contributed by atoms with Crippen molar-refractivity contribution in [3.8, 4) is 5.75 Å². The Kier molecular flexibility index (Phi) is 4.83. The maximum atomic E-state index is 12.2. The number of hydrogen-bond acceptors (Lipinski definition) is 6. The normalized spacial score (nSPS) is 25.4. The van der Waals surface area contributed by atoms with Crippen molar-refractivity contribution in [2.45, 2.75) is 38.3 Å². The molecule has 0 saturated carbocycles. The molecule has 0 N–H and O–H groups in total. The third-order valence-corrected chi connectivity index (χ3v) is 5.76. The standard InChI is InChI=1S/C21H24N2O4/c1-3-20(25)27-21(18-10-13-7-9-23(18)12-19(13)24)15-6-8-22-17-5-4-14(26-2)11-16(15)17/h4-6,8,11,13,18,21H,3,7,9-10,12H2,1-2H3/t13-,18+,21-/m0/s1. The van der Waals surface area contributed by atoms with Crippen LogP contribution in [-0.2, 0) is 14.3 Å². The lowest BCUT2D eigenvalue weighted by molar-refractivity contribution is -0.157. The summed E-state index contributed by atoms with van der Waals surface area (Å²) in [5, 5.41) is 0.916. The number of ether oxygens (including phenoxy) is 2. The van der Waals surface area contributed by atoms with Crippen LogP contribution >= 0.6 is 0 Å². The van der Waals surface area contributed by atoms with Crippen molar-refractivity contribution >= 4 is 22.7 Å². The van der Waals surface area contributed by atoms with Crippen LogP contribution in [0.1, 0.15) is 37.9 Å². The largest absolute Gasteiger partial charge is 0.497 e. The van der Waals surface area contributed by atoms with Crippen molar-refractivity contribution < 1.29 is 19.1 Å². The van der Waals surface area contributed by atoms with Gasteiger partial charge in [0.05, 0.1) is 25.2 Å². The van der Waals surface area contributed by atoms with E-state index >= 15 is 0 Å². The van der Waals surface area contributed by atoms with E-state index in [2.05, 4.69) is 9.88 Å². The Morgan fingerprint density at radius 3 is 2.89 bits per heavy atom. The first kappa shape index (κ1) is 17.9. The van der Waals surface area contributed by atoms with Crippen LogP contribution in [0.2, 0.25) is 0 Å². The highest BCUT2D eigenvalue weighted by Crippen LogP contribution is 2.40. The molecule has 3 saturated heterocycles. The molecular weight excluding hydrogens is 344 g/mol. The van der Waals surface area contributed by atoms with Crippen LogP contribution in [0.4, 0.5) is 0 Å². The predicted molar refractivity (Wildman–Crippen MR) is 101 cm³/mol. The number of carbonyl (C=O) groups is 2. The van der Waals surface area contributed by atoms with Crippen LogP contribution in [0.15, 0.2) is 30.5 Å². The van der Waals surface area contributed by atoms with Gasteiger partial charge >= 0.3 is 5.97 Å². The second-order valence-corrected chi connectivity index (χ2v) is 7.27. The fraction of sp³-hybridized carbons (Fsp3) is 0.476. The summed E-state index contributed by atoms with van der Waals surface area (Å²) in [6, 6.07) is 7.64. The average Bonchev–Trinajstić information content (AvgIpc) is 2.71. The van der Waals surface area contributed by atoms with Gasteiger partial charge in [-0.3, -0.25) is 19.5 Å². The zero-order valence-corrected chi connectivity index (χ0v) is 15.7. The van der Waals surface area contributed by atoms with Crippen molar-refractivity contribution in [3.63, 3.8) is 0 Å². The van der Waals surface area contributed by atoms with E-state index in [1.807, 2.05) is 24.3 Å². The van der Waals surface area contributed by atoms with Crippen molar-refractivity contribution in [3.05, 3.63) is 36.0 Å². The van der Waals surface area contributed by atoms with Crippen LogP contribution in [0.3, 0.4) is 0 Å². The molecule has 3 fully saturated rings. The quantitative estimate of drug-likeness (QED) is 0.756. The van der Waals surface area contributed by atoms with Crippen molar-refractivity contribution in [2.75, 3.05) is 20.2 Å². The van der Waals surface area contributed by atoms with Crippen LogP contribution in [0.5, 0.6) is 5.75 Å². The Bertz CT molecular complexity index is 882. The molecule has 1 unspecified atom stereocenters. The summed E-state index contributed by atoms with van der Waals surface area (Å²) in [6.07, 6.45) is 3.27. The molecule has 0 amide bonds. The van der Waals surface area contributed by atoms with Gasteiger partial charge in [-0.25, -0.2) is 0 Å². The first-order valence-corrected chi connectivity index (χ1v) is 9.49. The molecule has 3 aliphatic rings. The SMILES string of the molecule is CCC(=O)O[C@@H](c1ccnc2ccc(OC)cc12)[C@H]1C[C@@H]2CCN1CC2=O. The highest BCUT2D eigenvalue weighted by molar-refractivity contribution is 5.86. The van der Waals surface area contributed by atoms with Gasteiger partial charge in [-0.1, -0.05) is 6.92 Å². The Morgan fingerprint density at radius 2 is 2.22 bits per heavy atom. The average molecular weight is 368 g/mol. The number of carbonyl (C=O) groups excluding carboxylic acids is 2. The van der Waals surface area contributed by atoms with Crippen molar-refractivity contribution in [1.29, 1.82) is 0 Å². The molecule has 6 nitrogen and oxygen atoms in total. The smallest absolute Gasteiger partial charge is 0.306 e. The van der Waals surface area contributed by atoms with Crippen molar-refractivity contribution in [1.82, 2.24) is 9.88 Å². The minimum absolute atomic E-state index is 0.00810. The van der Waals surface area contributed by atoms with Crippen LogP contribution in [0.25, 0.3) is 10.9 Å². The molecule has 0 spiro atoms. The first-order chi connectivity index (χ1) is 13.1. The number of fused-ring (bicyclic) bond motifs is 4. The van der Waals surface area contributed by atoms with Gasteiger partial charge in [0.15, 0.2) is 0 Å². The lowest BCUT2D eigenvalue weighted by Crippen LogP contribution is -2.56. The molecule has 4 heterocycles. The maximum absolute atomic E-state index is 12.2. The number of rotatable bonds is 5. The van der Waals surface area contributed by atoms with E-state index in [0.717, 1.165) is 41.6 Å². The van der Waals surface area contributed by atoms with E-state index in [1.165, 1.54) is 0 Å². The molecule has 3 aliphatic heterocycles. The number of hydrogen-bond donors (Lipinski definition) is 0. The van der Waals surface area contributed by atoms with Gasteiger partial charge in [-0.15, -0.1) is 0 Å². The molecule has 0 radical (unpaired) electrons. The summed E-state index contributed by atoms with van der Waals surface area (Å²) < 4.78 is 11.3. The molecule has 27 heavy (non-hydrogen) atoms. The highest BCUT2D eigenvalue weighted by Gasteiger charge is 2.44. The minimum atomic E-state index is -0.425. The third-order valence-electron chi connectivity index (χ3n) is 5.76. The summed E-state index contributed by atoms with van der Waals surface area (Å²) in [6.45, 7) is 3.11. The second kappa shape index (κ2) is 7.27. The Balaban J connectivity index is 1.78. The fourth-order valence-corrected chi connectivity index (χ4v) is 4.27. The first-order valence-electron chi connectivity index (χ1n) is 9.49. The number of pyridine rings is 1.